The maximum absolute atomic E-state index is 6.16. The Morgan fingerprint density at radius 1 is 1.18 bits per heavy atom. The Kier molecular flexibility index (Phi) is 4.83. The fourth-order valence-electron chi connectivity index (χ4n) is 2.78. The van der Waals surface area contributed by atoms with Crippen LogP contribution < -0.4 is 5.73 Å². The molecule has 0 aromatic heterocycles. The van der Waals surface area contributed by atoms with Crippen molar-refractivity contribution in [2.24, 2.45) is 11.7 Å². The quantitative estimate of drug-likeness (QED) is 0.763. The topological polar surface area (TPSA) is 32.5 Å². The van der Waals surface area contributed by atoms with Crippen LogP contribution in [0.15, 0.2) is 0 Å². The number of rotatable bonds is 6. The van der Waals surface area contributed by atoms with Crippen LogP contribution in [0.2, 0.25) is 0 Å². The summed E-state index contributed by atoms with van der Waals surface area (Å²) >= 11 is 0. The third-order valence-electron chi connectivity index (χ3n) is 4.63. The van der Waals surface area contributed by atoms with Gasteiger partial charge in [0.2, 0.25) is 0 Å². The van der Waals surface area contributed by atoms with Crippen molar-refractivity contribution >= 4 is 0 Å². The molecule has 2 unspecified atom stereocenters. The van der Waals surface area contributed by atoms with E-state index in [-0.39, 0.29) is 0 Å². The first-order chi connectivity index (χ1) is 8.20. The summed E-state index contributed by atoms with van der Waals surface area (Å²) in [5, 5.41) is 0. The van der Waals surface area contributed by atoms with Gasteiger partial charge in [-0.05, 0) is 45.1 Å². The summed E-state index contributed by atoms with van der Waals surface area (Å²) in [5.41, 5.74) is 6.16. The van der Waals surface area contributed by atoms with Crippen LogP contribution in [0.4, 0.5) is 0 Å². The summed E-state index contributed by atoms with van der Waals surface area (Å²) in [6.07, 6.45) is 5.23. The molecule has 1 saturated heterocycles. The average Bonchev–Trinajstić information content (AvgIpc) is 3.20. The first-order valence-corrected chi connectivity index (χ1v) is 7.42. The molecular weight excluding hydrogens is 210 g/mol. The van der Waals surface area contributed by atoms with E-state index in [0.717, 1.165) is 12.0 Å². The van der Waals surface area contributed by atoms with E-state index in [1.54, 1.807) is 0 Å². The Balaban J connectivity index is 1.61. The molecule has 1 saturated carbocycles. The summed E-state index contributed by atoms with van der Waals surface area (Å²) in [5.74, 6) is 0.858. The van der Waals surface area contributed by atoms with E-state index in [9.17, 15) is 0 Å². The maximum atomic E-state index is 6.16. The van der Waals surface area contributed by atoms with Gasteiger partial charge in [0.25, 0.3) is 0 Å². The fraction of sp³-hybridized carbons (Fsp3) is 1.00. The number of nitrogens with zero attached hydrogens (tertiary/aromatic N) is 2. The minimum Gasteiger partial charge on any atom is -0.327 e. The predicted octanol–water partition coefficient (Wildman–Crippen LogP) is 1.53. The van der Waals surface area contributed by atoms with E-state index in [4.69, 9.17) is 5.73 Å². The molecule has 2 fully saturated rings. The van der Waals surface area contributed by atoms with Crippen LogP contribution in [0.3, 0.4) is 0 Å². The van der Waals surface area contributed by atoms with E-state index >= 15 is 0 Å². The van der Waals surface area contributed by atoms with Gasteiger partial charge in [-0.25, -0.2) is 0 Å². The SMILES string of the molecule is CCC(C)N1CCN(CCC(N)C2CC2)CC1. The Labute approximate surface area is 106 Å². The van der Waals surface area contributed by atoms with Gasteiger partial charge in [-0.1, -0.05) is 6.92 Å². The molecule has 2 atom stereocenters. The van der Waals surface area contributed by atoms with Crippen LogP contribution in [0, 0.1) is 5.92 Å². The minimum absolute atomic E-state index is 0.475. The van der Waals surface area contributed by atoms with Crippen LogP contribution >= 0.6 is 0 Å². The van der Waals surface area contributed by atoms with Crippen molar-refractivity contribution in [1.82, 2.24) is 9.80 Å². The molecule has 1 heterocycles. The Morgan fingerprint density at radius 3 is 2.35 bits per heavy atom. The van der Waals surface area contributed by atoms with Crippen molar-refractivity contribution in [3.63, 3.8) is 0 Å². The van der Waals surface area contributed by atoms with Crippen molar-refractivity contribution < 1.29 is 0 Å². The molecule has 0 aromatic carbocycles. The molecule has 0 aromatic rings. The zero-order valence-electron chi connectivity index (χ0n) is 11.6. The van der Waals surface area contributed by atoms with Crippen molar-refractivity contribution in [2.45, 2.75) is 51.6 Å². The van der Waals surface area contributed by atoms with Crippen LogP contribution in [-0.2, 0) is 0 Å². The lowest BCUT2D eigenvalue weighted by Gasteiger charge is -2.38. The van der Waals surface area contributed by atoms with Gasteiger partial charge in [0.1, 0.15) is 0 Å². The Morgan fingerprint density at radius 2 is 1.82 bits per heavy atom. The molecule has 2 N–H and O–H groups in total. The normalized spacial score (nSPS) is 27.0. The van der Waals surface area contributed by atoms with Gasteiger partial charge in [-0.3, -0.25) is 4.90 Å². The smallest absolute Gasteiger partial charge is 0.0113 e. The molecule has 2 rings (SSSR count). The molecule has 0 bridgehead atoms. The number of hydrogen-bond acceptors (Lipinski definition) is 3. The van der Waals surface area contributed by atoms with Crippen molar-refractivity contribution in [3.8, 4) is 0 Å². The van der Waals surface area contributed by atoms with Crippen molar-refractivity contribution in [3.05, 3.63) is 0 Å². The summed E-state index contributed by atoms with van der Waals surface area (Å²) in [7, 11) is 0. The highest BCUT2D eigenvalue weighted by atomic mass is 15.3. The lowest BCUT2D eigenvalue weighted by Crippen LogP contribution is -2.50. The van der Waals surface area contributed by atoms with Gasteiger partial charge < -0.3 is 10.6 Å². The molecule has 1 aliphatic carbocycles. The molecule has 3 heteroatoms. The van der Waals surface area contributed by atoms with Crippen molar-refractivity contribution in [2.75, 3.05) is 32.7 Å². The molecular formula is C14H29N3. The van der Waals surface area contributed by atoms with Crippen molar-refractivity contribution in [1.29, 1.82) is 0 Å². The summed E-state index contributed by atoms with van der Waals surface area (Å²) in [4.78, 5) is 5.22. The molecule has 100 valence electrons. The highest BCUT2D eigenvalue weighted by Gasteiger charge is 2.28. The van der Waals surface area contributed by atoms with E-state index < -0.39 is 0 Å². The minimum atomic E-state index is 0.475. The van der Waals surface area contributed by atoms with Crippen LogP contribution in [0.25, 0.3) is 0 Å². The standard InChI is InChI=1S/C14H29N3/c1-3-12(2)17-10-8-16(9-11-17)7-6-14(15)13-4-5-13/h12-14H,3-11,15H2,1-2H3. The zero-order valence-corrected chi connectivity index (χ0v) is 11.6. The second-order valence-corrected chi connectivity index (χ2v) is 5.92. The molecule has 1 aliphatic heterocycles. The van der Waals surface area contributed by atoms with Crippen LogP contribution in [0.1, 0.15) is 39.5 Å². The van der Waals surface area contributed by atoms with Gasteiger partial charge >= 0.3 is 0 Å². The zero-order chi connectivity index (χ0) is 12.3. The molecule has 0 amide bonds. The average molecular weight is 239 g/mol. The second kappa shape index (κ2) is 6.17. The lowest BCUT2D eigenvalue weighted by molar-refractivity contribution is 0.0982. The van der Waals surface area contributed by atoms with Gasteiger partial charge in [0.15, 0.2) is 0 Å². The largest absolute Gasteiger partial charge is 0.327 e. The Hall–Kier alpha value is -0.120. The summed E-state index contributed by atoms with van der Waals surface area (Å²) in [6.45, 7) is 10.8. The molecule has 0 radical (unpaired) electrons. The lowest BCUT2D eigenvalue weighted by atomic mass is 10.1. The van der Waals surface area contributed by atoms with E-state index in [0.29, 0.717) is 6.04 Å². The molecule has 3 nitrogen and oxygen atoms in total. The van der Waals surface area contributed by atoms with Gasteiger partial charge in [-0.15, -0.1) is 0 Å². The highest BCUT2D eigenvalue weighted by molar-refractivity contribution is 4.85. The molecule has 17 heavy (non-hydrogen) atoms. The fourth-order valence-corrected chi connectivity index (χ4v) is 2.78. The number of piperazine rings is 1. The van der Waals surface area contributed by atoms with E-state index in [1.807, 2.05) is 0 Å². The van der Waals surface area contributed by atoms with Gasteiger partial charge in [0, 0.05) is 38.3 Å². The predicted molar refractivity (Wildman–Crippen MR) is 73.1 cm³/mol. The monoisotopic (exact) mass is 239 g/mol. The van der Waals surface area contributed by atoms with E-state index in [2.05, 4.69) is 23.6 Å². The highest BCUT2D eigenvalue weighted by Crippen LogP contribution is 2.32. The van der Waals surface area contributed by atoms with Gasteiger partial charge in [0.05, 0.1) is 0 Å². The Bertz CT molecular complexity index is 220. The number of nitrogens with two attached hydrogens (primary N) is 1. The first-order valence-electron chi connectivity index (χ1n) is 7.42. The molecule has 2 aliphatic rings. The third-order valence-corrected chi connectivity index (χ3v) is 4.63. The van der Waals surface area contributed by atoms with E-state index in [1.165, 1.54) is 58.4 Å². The molecule has 0 spiro atoms. The second-order valence-electron chi connectivity index (χ2n) is 5.92. The first kappa shape index (κ1) is 13.3. The summed E-state index contributed by atoms with van der Waals surface area (Å²) < 4.78 is 0. The number of hydrogen-bond donors (Lipinski definition) is 1. The van der Waals surface area contributed by atoms with Gasteiger partial charge in [-0.2, -0.15) is 0 Å². The maximum Gasteiger partial charge on any atom is 0.0113 e. The van der Waals surface area contributed by atoms with Crippen LogP contribution in [-0.4, -0.2) is 54.6 Å². The van der Waals surface area contributed by atoms with Crippen LogP contribution in [0.5, 0.6) is 0 Å². The summed E-state index contributed by atoms with van der Waals surface area (Å²) in [6, 6.07) is 1.23. The third kappa shape index (κ3) is 3.94.